The third-order valence-electron chi connectivity index (χ3n) is 3.99. The van der Waals surface area contributed by atoms with E-state index in [0.717, 1.165) is 38.7 Å². The van der Waals surface area contributed by atoms with E-state index in [1.54, 1.807) is 0 Å². The average Bonchev–Trinajstić information content (AvgIpc) is 2.66. The van der Waals surface area contributed by atoms with Gasteiger partial charge in [-0.05, 0) is 32.6 Å². The van der Waals surface area contributed by atoms with Crippen molar-refractivity contribution in [1.29, 1.82) is 0 Å². The van der Waals surface area contributed by atoms with Gasteiger partial charge in [0, 0.05) is 6.61 Å². The van der Waals surface area contributed by atoms with Crippen molar-refractivity contribution in [2.24, 2.45) is 11.1 Å². The number of ether oxygens (including phenoxy) is 1. The smallest absolute Gasteiger partial charge is 0.233 e. The SMILES string of the molecule is CC(NC(=O)C1(C(N)=S)CCC1)C1CCCO1. The van der Waals surface area contributed by atoms with Crippen LogP contribution in [0.3, 0.4) is 0 Å². The molecule has 2 rings (SSSR count). The number of hydrogen-bond acceptors (Lipinski definition) is 3. The summed E-state index contributed by atoms with van der Waals surface area (Å²) in [5.74, 6) is -0.0146. The minimum Gasteiger partial charge on any atom is -0.392 e. The highest BCUT2D eigenvalue weighted by Crippen LogP contribution is 2.41. The maximum atomic E-state index is 12.2. The van der Waals surface area contributed by atoms with Crippen LogP contribution in [0.4, 0.5) is 0 Å². The molecule has 1 amide bonds. The van der Waals surface area contributed by atoms with Gasteiger partial charge >= 0.3 is 0 Å². The van der Waals surface area contributed by atoms with Gasteiger partial charge in [-0.25, -0.2) is 0 Å². The van der Waals surface area contributed by atoms with Crippen molar-refractivity contribution in [2.75, 3.05) is 6.61 Å². The number of rotatable bonds is 4. The average molecular weight is 256 g/mol. The van der Waals surface area contributed by atoms with E-state index < -0.39 is 5.41 Å². The molecule has 2 fully saturated rings. The highest BCUT2D eigenvalue weighted by molar-refractivity contribution is 7.80. The molecule has 1 aliphatic heterocycles. The van der Waals surface area contributed by atoms with E-state index in [1.165, 1.54) is 0 Å². The molecule has 0 aromatic rings. The Morgan fingerprint density at radius 1 is 1.53 bits per heavy atom. The van der Waals surface area contributed by atoms with Crippen molar-refractivity contribution >= 4 is 23.1 Å². The van der Waals surface area contributed by atoms with Crippen LogP contribution >= 0.6 is 12.2 Å². The molecule has 0 spiro atoms. The summed E-state index contributed by atoms with van der Waals surface area (Å²) in [6, 6.07) is 0.0387. The van der Waals surface area contributed by atoms with Gasteiger partial charge in [0.05, 0.1) is 22.5 Å². The van der Waals surface area contributed by atoms with Gasteiger partial charge in [0.25, 0.3) is 0 Å². The second-order valence-corrected chi connectivity index (χ2v) is 5.55. The fourth-order valence-electron chi connectivity index (χ4n) is 2.55. The largest absolute Gasteiger partial charge is 0.392 e. The van der Waals surface area contributed by atoms with E-state index in [4.69, 9.17) is 22.7 Å². The molecule has 1 saturated heterocycles. The van der Waals surface area contributed by atoms with E-state index >= 15 is 0 Å². The molecular formula is C12H20N2O2S. The maximum Gasteiger partial charge on any atom is 0.233 e. The molecule has 2 aliphatic rings. The molecule has 96 valence electrons. The lowest BCUT2D eigenvalue weighted by Gasteiger charge is -2.40. The van der Waals surface area contributed by atoms with E-state index in [2.05, 4.69) is 5.32 Å². The summed E-state index contributed by atoms with van der Waals surface area (Å²) in [6.07, 6.45) is 4.83. The molecule has 2 unspecified atom stereocenters. The number of carbonyl (C=O) groups is 1. The first-order chi connectivity index (χ1) is 8.06. The van der Waals surface area contributed by atoms with Crippen LogP contribution in [0.5, 0.6) is 0 Å². The third-order valence-corrected chi connectivity index (χ3v) is 4.39. The number of amides is 1. The van der Waals surface area contributed by atoms with Gasteiger partial charge in [-0.1, -0.05) is 18.6 Å². The first kappa shape index (κ1) is 12.8. The fourth-order valence-corrected chi connectivity index (χ4v) is 2.85. The molecule has 5 heteroatoms. The van der Waals surface area contributed by atoms with Crippen molar-refractivity contribution in [1.82, 2.24) is 5.32 Å². The van der Waals surface area contributed by atoms with Crippen LogP contribution in [0.25, 0.3) is 0 Å². The molecule has 1 heterocycles. The van der Waals surface area contributed by atoms with Crippen LogP contribution in [0, 0.1) is 5.41 Å². The zero-order chi connectivity index (χ0) is 12.5. The van der Waals surface area contributed by atoms with Gasteiger partial charge < -0.3 is 15.8 Å². The number of hydrogen-bond donors (Lipinski definition) is 2. The molecule has 0 aromatic heterocycles. The van der Waals surface area contributed by atoms with Crippen molar-refractivity contribution in [3.05, 3.63) is 0 Å². The number of carbonyl (C=O) groups excluding carboxylic acids is 1. The highest BCUT2D eigenvalue weighted by atomic mass is 32.1. The standard InChI is InChI=1S/C12H20N2O2S/c1-8(9-4-2-7-16-9)14-11(15)12(10(13)17)5-3-6-12/h8-9H,2-7H2,1H3,(H2,13,17)(H,14,15). The summed E-state index contributed by atoms with van der Waals surface area (Å²) in [5, 5.41) is 3.01. The van der Waals surface area contributed by atoms with Gasteiger partial charge in [-0.15, -0.1) is 0 Å². The predicted molar refractivity (Wildman–Crippen MR) is 69.6 cm³/mol. The fraction of sp³-hybridized carbons (Fsp3) is 0.833. The molecule has 0 radical (unpaired) electrons. The molecular weight excluding hydrogens is 236 g/mol. The first-order valence-corrected chi connectivity index (χ1v) is 6.69. The van der Waals surface area contributed by atoms with E-state index in [1.807, 2.05) is 6.92 Å². The van der Waals surface area contributed by atoms with Gasteiger partial charge in [0.15, 0.2) is 0 Å². The Morgan fingerprint density at radius 3 is 2.65 bits per heavy atom. The Kier molecular flexibility index (Phi) is 3.68. The number of nitrogens with one attached hydrogen (secondary N) is 1. The van der Waals surface area contributed by atoms with Crippen molar-refractivity contribution in [3.63, 3.8) is 0 Å². The number of thiocarbonyl (C=S) groups is 1. The van der Waals surface area contributed by atoms with Crippen LogP contribution in [0.15, 0.2) is 0 Å². The minimum absolute atomic E-state index is 0.0146. The Balaban J connectivity index is 1.93. The Labute approximate surface area is 107 Å². The van der Waals surface area contributed by atoms with E-state index in [0.29, 0.717) is 4.99 Å². The molecule has 3 N–H and O–H groups in total. The Hall–Kier alpha value is -0.680. The summed E-state index contributed by atoms with van der Waals surface area (Å²) < 4.78 is 5.56. The second kappa shape index (κ2) is 4.90. The molecule has 2 atom stereocenters. The quantitative estimate of drug-likeness (QED) is 0.740. The third kappa shape index (κ3) is 2.31. The first-order valence-electron chi connectivity index (χ1n) is 6.29. The van der Waals surface area contributed by atoms with Crippen molar-refractivity contribution in [3.8, 4) is 0 Å². The lowest BCUT2D eigenvalue weighted by molar-refractivity contribution is -0.132. The second-order valence-electron chi connectivity index (χ2n) is 5.11. The van der Waals surface area contributed by atoms with Crippen LogP contribution < -0.4 is 11.1 Å². The summed E-state index contributed by atoms with van der Waals surface area (Å²) in [4.78, 5) is 12.6. The predicted octanol–water partition coefficient (Wildman–Crippen LogP) is 1.13. The molecule has 4 nitrogen and oxygen atoms in total. The monoisotopic (exact) mass is 256 g/mol. The summed E-state index contributed by atoms with van der Waals surface area (Å²) >= 11 is 5.03. The van der Waals surface area contributed by atoms with Crippen LogP contribution in [-0.4, -0.2) is 29.6 Å². The summed E-state index contributed by atoms with van der Waals surface area (Å²) in [7, 11) is 0. The van der Waals surface area contributed by atoms with Crippen LogP contribution in [0.2, 0.25) is 0 Å². The van der Waals surface area contributed by atoms with Crippen LogP contribution in [-0.2, 0) is 9.53 Å². The topological polar surface area (TPSA) is 64.4 Å². The Bertz CT molecular complexity index is 322. The minimum atomic E-state index is -0.581. The van der Waals surface area contributed by atoms with E-state index in [9.17, 15) is 4.79 Å². The van der Waals surface area contributed by atoms with Gasteiger partial charge in [-0.2, -0.15) is 0 Å². The highest BCUT2D eigenvalue weighted by Gasteiger charge is 2.47. The zero-order valence-electron chi connectivity index (χ0n) is 10.2. The lowest BCUT2D eigenvalue weighted by atomic mass is 9.68. The van der Waals surface area contributed by atoms with Gasteiger partial charge in [-0.3, -0.25) is 4.79 Å². The van der Waals surface area contributed by atoms with E-state index in [-0.39, 0.29) is 18.1 Å². The van der Waals surface area contributed by atoms with Gasteiger partial charge in [0.1, 0.15) is 0 Å². The summed E-state index contributed by atoms with van der Waals surface area (Å²) in [6.45, 7) is 2.78. The van der Waals surface area contributed by atoms with Gasteiger partial charge in [0.2, 0.25) is 5.91 Å². The van der Waals surface area contributed by atoms with Crippen molar-refractivity contribution < 1.29 is 9.53 Å². The Morgan fingerprint density at radius 2 is 2.24 bits per heavy atom. The lowest BCUT2D eigenvalue weighted by Crippen LogP contribution is -2.56. The van der Waals surface area contributed by atoms with Crippen LogP contribution in [0.1, 0.15) is 39.0 Å². The molecule has 1 aliphatic carbocycles. The normalized spacial score (nSPS) is 28.2. The molecule has 17 heavy (non-hydrogen) atoms. The molecule has 0 bridgehead atoms. The zero-order valence-corrected chi connectivity index (χ0v) is 11.0. The number of nitrogens with two attached hydrogens (primary N) is 1. The summed E-state index contributed by atoms with van der Waals surface area (Å²) in [5.41, 5.74) is 5.12. The molecule has 1 saturated carbocycles. The molecule has 0 aromatic carbocycles. The maximum absolute atomic E-state index is 12.2. The van der Waals surface area contributed by atoms with Crippen molar-refractivity contribution in [2.45, 2.75) is 51.2 Å².